The number of urea groups is 1. The number of ether oxygens (including phenoxy) is 1. The molecule has 6 heterocycles. The topological polar surface area (TPSA) is 174 Å². The highest BCUT2D eigenvalue weighted by molar-refractivity contribution is 7.84. The third-order valence-electron chi connectivity index (χ3n) is 15.6. The number of anilines is 3. The Balaban J connectivity index is 0.656. The van der Waals surface area contributed by atoms with E-state index in [2.05, 4.69) is 29.9 Å². The lowest BCUT2D eigenvalue weighted by Gasteiger charge is -2.63. The quantitative estimate of drug-likeness (QED) is 0.187. The van der Waals surface area contributed by atoms with E-state index in [0.29, 0.717) is 45.7 Å². The number of fused-ring (bicyclic) bond motifs is 3. The normalized spacial score (nSPS) is 24.4. The van der Waals surface area contributed by atoms with Gasteiger partial charge in [-0.15, -0.1) is 0 Å². The molecule has 3 aliphatic carbocycles. The Bertz CT molecular complexity index is 2970. The van der Waals surface area contributed by atoms with Gasteiger partial charge in [-0.05, 0) is 118 Å². The van der Waals surface area contributed by atoms with Crippen LogP contribution in [0.3, 0.4) is 0 Å². The van der Waals surface area contributed by atoms with Crippen molar-refractivity contribution in [3.8, 4) is 17.6 Å². The van der Waals surface area contributed by atoms with E-state index < -0.39 is 23.0 Å². The second kappa shape index (κ2) is 14.8. The summed E-state index contributed by atoms with van der Waals surface area (Å²) in [4.78, 5) is 48.9. The molecule has 2 aromatic heterocycles. The lowest BCUT2D eigenvalue weighted by atomic mass is 9.57. The predicted octanol–water partition coefficient (Wildman–Crippen LogP) is 5.70. The van der Waals surface area contributed by atoms with Crippen LogP contribution in [0.4, 0.5) is 30.8 Å². The van der Waals surface area contributed by atoms with Gasteiger partial charge >= 0.3 is 6.03 Å². The predicted molar refractivity (Wildman–Crippen MR) is 237 cm³/mol. The second-order valence-corrected chi connectivity index (χ2v) is 20.9. The molecule has 3 atom stereocenters. The van der Waals surface area contributed by atoms with Crippen LogP contribution in [0, 0.1) is 45.6 Å². The molecule has 7 aliphatic rings. The maximum Gasteiger partial charge on any atom is 0.329 e. The van der Waals surface area contributed by atoms with Gasteiger partial charge in [0.25, 0.3) is 5.56 Å². The minimum atomic E-state index is -1.58. The molecule has 3 aromatic carbocycles. The lowest BCUT2D eigenvalue weighted by molar-refractivity contribution is -0.120. The maximum atomic E-state index is 15.7. The summed E-state index contributed by atoms with van der Waals surface area (Å²) in [6.45, 7) is 5.24. The van der Waals surface area contributed by atoms with Crippen molar-refractivity contribution in [2.45, 2.75) is 63.5 Å². The van der Waals surface area contributed by atoms with Crippen LogP contribution >= 0.6 is 0 Å². The Labute approximate surface area is 374 Å². The fraction of sp³-hybridized carbons (Fsp3) is 0.478. The number of halogens is 2. The van der Waals surface area contributed by atoms with Crippen molar-refractivity contribution in [2.24, 2.45) is 29.7 Å². The molecule has 4 aliphatic heterocycles. The zero-order valence-corrected chi connectivity index (χ0v) is 36.6. The number of rotatable bonds is 9. The standard InChI is InChI=1S/C46H47F2N11O5S/c1-54-38-15-39(35(48)14-32(38)42(52-54)58-9-6-40(60)51-44(58)62)56-23-46(24-56)16-28(17-46)55-10-7-45(8-11-55)18-29(19-45)59-25-50-36-4-2-30(13-31(36)43(59)61)64-41-33(20-49)37(5-3-34(41)47)53-65(63)57-21-26-12-27(26)22-57/h2-5,13-15,25-29,53H,6-12,16-19,21-24H2,1H3,(H,51,60,62). The van der Waals surface area contributed by atoms with Gasteiger partial charge in [-0.2, -0.15) is 10.4 Å². The van der Waals surface area contributed by atoms with Gasteiger partial charge in [-0.25, -0.2) is 27.1 Å². The van der Waals surface area contributed by atoms with E-state index in [9.17, 15) is 23.9 Å². The van der Waals surface area contributed by atoms with E-state index in [1.165, 1.54) is 23.1 Å². The molecule has 2 N–H and O–H groups in total. The molecule has 19 heteroatoms. The van der Waals surface area contributed by atoms with Crippen molar-refractivity contribution in [1.29, 1.82) is 5.26 Å². The molecule has 336 valence electrons. The summed E-state index contributed by atoms with van der Waals surface area (Å²) in [5.41, 5.74) is 2.00. The Morgan fingerprint density at radius 2 is 1.68 bits per heavy atom. The summed E-state index contributed by atoms with van der Waals surface area (Å²) in [6, 6.07) is 12.6. The average Bonchev–Trinajstić information content (AvgIpc) is 3.73. The molecule has 65 heavy (non-hydrogen) atoms. The molecule has 3 unspecified atom stereocenters. The van der Waals surface area contributed by atoms with Crippen LogP contribution in [0.5, 0.6) is 11.5 Å². The molecule has 0 bridgehead atoms. The summed E-state index contributed by atoms with van der Waals surface area (Å²) in [5.74, 6) is -0.0829. The molecule has 5 aromatic rings. The molecule has 0 radical (unpaired) electrons. The summed E-state index contributed by atoms with van der Waals surface area (Å²) in [5, 5.41) is 17.8. The van der Waals surface area contributed by atoms with Crippen molar-refractivity contribution >= 4 is 62.1 Å². The molecular formula is C46H47F2N11O5S. The first kappa shape index (κ1) is 40.5. The number of imide groups is 1. The van der Waals surface area contributed by atoms with E-state index >= 15 is 8.78 Å². The van der Waals surface area contributed by atoms with Gasteiger partial charge in [-0.1, -0.05) is 0 Å². The Kier molecular flexibility index (Phi) is 9.21. The van der Waals surface area contributed by atoms with Crippen molar-refractivity contribution in [2.75, 3.05) is 60.3 Å². The molecule has 16 nitrogen and oxygen atoms in total. The Morgan fingerprint density at radius 1 is 0.923 bits per heavy atom. The smallest absolute Gasteiger partial charge is 0.329 e. The molecule has 3 amide bonds. The third kappa shape index (κ3) is 6.77. The number of likely N-dealkylation sites (tertiary alicyclic amines) is 1. The number of amides is 3. The minimum Gasteiger partial charge on any atom is -0.453 e. The van der Waals surface area contributed by atoms with Gasteiger partial charge in [0.2, 0.25) is 5.91 Å². The van der Waals surface area contributed by atoms with Crippen molar-refractivity contribution < 1.29 is 27.3 Å². The van der Waals surface area contributed by atoms with Gasteiger partial charge in [0.15, 0.2) is 28.6 Å². The highest BCUT2D eigenvalue weighted by Crippen LogP contribution is 2.57. The summed E-state index contributed by atoms with van der Waals surface area (Å²) >= 11 is -1.58. The van der Waals surface area contributed by atoms with Crippen molar-refractivity contribution in [1.82, 2.24) is 33.9 Å². The molecule has 12 rings (SSSR count). The van der Waals surface area contributed by atoms with Crippen LogP contribution in [-0.2, 0) is 23.0 Å². The van der Waals surface area contributed by atoms with Gasteiger partial charge in [-0.3, -0.25) is 33.8 Å². The van der Waals surface area contributed by atoms with Gasteiger partial charge in [0, 0.05) is 69.1 Å². The monoisotopic (exact) mass is 903 g/mol. The minimum absolute atomic E-state index is 0.0173. The Morgan fingerprint density at radius 3 is 2.42 bits per heavy atom. The zero-order valence-electron chi connectivity index (χ0n) is 35.8. The summed E-state index contributed by atoms with van der Waals surface area (Å²) < 4.78 is 58.0. The van der Waals surface area contributed by atoms with Crippen LogP contribution in [-0.4, -0.2) is 96.5 Å². The van der Waals surface area contributed by atoms with Crippen LogP contribution in [0.2, 0.25) is 0 Å². The molecule has 2 spiro atoms. The number of nitrogens with one attached hydrogen (secondary N) is 2. The third-order valence-corrected chi connectivity index (χ3v) is 16.8. The Hall–Kier alpha value is -5.97. The van der Waals surface area contributed by atoms with Crippen LogP contribution in [0.15, 0.2) is 53.6 Å². The number of aromatic nitrogens is 4. The lowest BCUT2D eigenvalue weighted by Crippen LogP contribution is -2.67. The second-order valence-electron chi connectivity index (χ2n) is 19.6. The van der Waals surface area contributed by atoms with E-state index in [1.807, 2.05) is 16.4 Å². The number of piperidine rings is 2. The maximum absolute atomic E-state index is 15.7. The molecule has 4 saturated heterocycles. The number of hydrogen-bond donors (Lipinski definition) is 2. The number of carbonyl (C=O) groups excluding carboxylic acids is 2. The fourth-order valence-electron chi connectivity index (χ4n) is 11.8. The SMILES string of the molecule is Cn1nc(N2CCC(=O)NC2=O)c2cc(F)c(N3CC4(CC(N5CCC6(CC5)CC(n5cnc7ccc(Oc8c(F)ccc(NS(=O)N9CC%10CC%10C9)c8C#N)cc7c5=O)C6)C4)C3)cc21. The summed E-state index contributed by atoms with van der Waals surface area (Å²) in [7, 11) is 1.77. The molecular weight excluding hydrogens is 857 g/mol. The molecule has 3 saturated carbocycles. The van der Waals surface area contributed by atoms with Crippen LogP contribution < -0.4 is 30.1 Å². The number of carbonyl (C=O) groups is 2. The first-order valence-electron chi connectivity index (χ1n) is 22.5. The number of nitrogens with zero attached hydrogens (tertiary/aromatic N) is 9. The molecule has 7 fully saturated rings. The van der Waals surface area contributed by atoms with E-state index in [-0.39, 0.29) is 69.9 Å². The number of hydrogen-bond acceptors (Lipinski definition) is 10. The summed E-state index contributed by atoms with van der Waals surface area (Å²) in [6.07, 6.45) is 9.01. The van der Waals surface area contributed by atoms with Gasteiger partial charge in [0.05, 0.1) is 34.1 Å². The van der Waals surface area contributed by atoms with Gasteiger partial charge < -0.3 is 14.5 Å². The van der Waals surface area contributed by atoms with Crippen LogP contribution in [0.25, 0.3) is 21.8 Å². The number of aryl methyl sites for hydroxylation is 1. The van der Waals surface area contributed by atoms with Crippen molar-refractivity contribution in [3.05, 3.63) is 76.3 Å². The number of nitriles is 1. The first-order chi connectivity index (χ1) is 31.3. The van der Waals surface area contributed by atoms with E-state index in [0.717, 1.165) is 89.7 Å². The van der Waals surface area contributed by atoms with Crippen molar-refractivity contribution in [3.63, 3.8) is 0 Å². The highest BCUT2D eigenvalue weighted by Gasteiger charge is 2.56. The largest absolute Gasteiger partial charge is 0.453 e. The highest BCUT2D eigenvalue weighted by atomic mass is 32.2. The van der Waals surface area contributed by atoms with E-state index in [1.54, 1.807) is 40.8 Å². The van der Waals surface area contributed by atoms with E-state index in [4.69, 9.17) is 4.74 Å². The van der Waals surface area contributed by atoms with Crippen LogP contribution in [0.1, 0.15) is 63.0 Å². The average molecular weight is 904 g/mol. The first-order valence-corrected chi connectivity index (χ1v) is 23.6. The fourth-order valence-corrected chi connectivity index (χ4v) is 13.0. The number of benzene rings is 3. The zero-order chi connectivity index (χ0) is 44.5. The van der Waals surface area contributed by atoms with Gasteiger partial charge in [0.1, 0.15) is 23.2 Å².